The summed E-state index contributed by atoms with van der Waals surface area (Å²) < 4.78 is 10.6. The lowest BCUT2D eigenvalue weighted by Crippen LogP contribution is -2.20. The van der Waals surface area contributed by atoms with Gasteiger partial charge in [0.2, 0.25) is 0 Å². The molecule has 1 N–H and O–H groups in total. The normalized spacial score (nSPS) is 10.0. The zero-order chi connectivity index (χ0) is 16.7. The van der Waals surface area contributed by atoms with Crippen LogP contribution < -0.4 is 14.8 Å². The Morgan fingerprint density at radius 3 is 2.52 bits per heavy atom. The number of nitrogens with one attached hydrogen (secondary N) is 1. The molecule has 0 radical (unpaired) electrons. The molecule has 6 heteroatoms. The van der Waals surface area contributed by atoms with Crippen molar-refractivity contribution in [3.05, 3.63) is 48.0 Å². The highest BCUT2D eigenvalue weighted by atomic mass is 32.2. The molecule has 0 bridgehead atoms. The Kier molecular flexibility index (Phi) is 6.05. The lowest BCUT2D eigenvalue weighted by molar-refractivity contribution is -0.118. The van der Waals surface area contributed by atoms with Crippen molar-refractivity contribution in [2.24, 2.45) is 0 Å². The monoisotopic (exact) mass is 331 g/mol. The second-order valence-electron chi connectivity index (χ2n) is 4.59. The molecule has 2 rings (SSSR count). The molecule has 0 heterocycles. The van der Waals surface area contributed by atoms with Crippen LogP contribution in [0.2, 0.25) is 0 Å². The summed E-state index contributed by atoms with van der Waals surface area (Å²) in [4.78, 5) is 23.8. The molecule has 0 saturated heterocycles. The van der Waals surface area contributed by atoms with Crippen LogP contribution in [0.15, 0.2) is 47.4 Å². The number of benzene rings is 2. The van der Waals surface area contributed by atoms with Crippen molar-refractivity contribution in [3.8, 4) is 11.5 Å². The van der Waals surface area contributed by atoms with Crippen LogP contribution in [0.5, 0.6) is 11.5 Å². The molecule has 0 aromatic heterocycles. The van der Waals surface area contributed by atoms with Gasteiger partial charge < -0.3 is 14.8 Å². The lowest BCUT2D eigenvalue weighted by atomic mass is 10.2. The Morgan fingerprint density at radius 1 is 1.17 bits per heavy atom. The summed E-state index contributed by atoms with van der Waals surface area (Å²) in [6, 6.07) is 12.3. The second kappa shape index (κ2) is 8.24. The Hall–Kier alpha value is -2.47. The van der Waals surface area contributed by atoms with Crippen molar-refractivity contribution >= 4 is 29.6 Å². The standard InChI is InChI=1S/C17H17NO4S/c1-21-16-9-12(10-19)3-8-15(16)22-11-17(20)18-13-4-6-14(23-2)7-5-13/h3-10H,11H2,1-2H3,(H,18,20). The van der Waals surface area contributed by atoms with Gasteiger partial charge in [-0.2, -0.15) is 0 Å². The first-order valence-corrected chi connectivity index (χ1v) is 8.08. The average molecular weight is 331 g/mol. The Bertz CT molecular complexity index is 685. The summed E-state index contributed by atoms with van der Waals surface area (Å²) in [5.41, 5.74) is 1.19. The van der Waals surface area contributed by atoms with Gasteiger partial charge in [0.1, 0.15) is 6.29 Å². The molecule has 23 heavy (non-hydrogen) atoms. The average Bonchev–Trinajstić information content (AvgIpc) is 2.60. The molecule has 2 aromatic rings. The number of anilines is 1. The predicted octanol–water partition coefficient (Wildman–Crippen LogP) is 3.25. The molecule has 0 unspecified atom stereocenters. The van der Waals surface area contributed by atoms with Crippen LogP contribution in [0.4, 0.5) is 5.69 Å². The van der Waals surface area contributed by atoms with Gasteiger partial charge in [0.15, 0.2) is 18.1 Å². The summed E-state index contributed by atoms with van der Waals surface area (Å²) >= 11 is 1.63. The largest absolute Gasteiger partial charge is 0.493 e. The molecule has 0 spiro atoms. The third-order valence-corrected chi connectivity index (χ3v) is 3.80. The zero-order valence-corrected chi connectivity index (χ0v) is 13.7. The Morgan fingerprint density at radius 2 is 1.91 bits per heavy atom. The molecule has 5 nitrogen and oxygen atoms in total. The van der Waals surface area contributed by atoms with E-state index in [1.165, 1.54) is 7.11 Å². The first-order chi connectivity index (χ1) is 11.2. The smallest absolute Gasteiger partial charge is 0.262 e. The van der Waals surface area contributed by atoms with E-state index in [0.717, 1.165) is 11.2 Å². The SMILES string of the molecule is COc1cc(C=O)ccc1OCC(=O)Nc1ccc(SC)cc1. The van der Waals surface area contributed by atoms with Crippen molar-refractivity contribution in [2.45, 2.75) is 4.90 Å². The highest BCUT2D eigenvalue weighted by molar-refractivity contribution is 7.98. The van der Waals surface area contributed by atoms with E-state index in [-0.39, 0.29) is 12.5 Å². The lowest BCUT2D eigenvalue weighted by Gasteiger charge is -2.11. The summed E-state index contributed by atoms with van der Waals surface area (Å²) in [6.45, 7) is -0.152. The van der Waals surface area contributed by atoms with E-state index in [9.17, 15) is 9.59 Å². The minimum absolute atomic E-state index is 0.152. The van der Waals surface area contributed by atoms with Gasteiger partial charge in [-0.25, -0.2) is 0 Å². The van der Waals surface area contributed by atoms with Gasteiger partial charge in [-0.15, -0.1) is 11.8 Å². The predicted molar refractivity (Wildman–Crippen MR) is 90.7 cm³/mol. The highest BCUT2D eigenvalue weighted by Gasteiger charge is 2.09. The fraction of sp³-hybridized carbons (Fsp3) is 0.176. The molecule has 120 valence electrons. The van der Waals surface area contributed by atoms with E-state index >= 15 is 0 Å². The van der Waals surface area contributed by atoms with Crippen molar-refractivity contribution in [3.63, 3.8) is 0 Å². The minimum Gasteiger partial charge on any atom is -0.493 e. The van der Waals surface area contributed by atoms with Gasteiger partial charge >= 0.3 is 0 Å². The van der Waals surface area contributed by atoms with Gasteiger partial charge in [-0.3, -0.25) is 9.59 Å². The number of ether oxygens (including phenoxy) is 2. The first kappa shape index (κ1) is 16.9. The number of thioether (sulfide) groups is 1. The van der Waals surface area contributed by atoms with Crippen molar-refractivity contribution in [1.82, 2.24) is 0 Å². The topological polar surface area (TPSA) is 64.6 Å². The number of rotatable bonds is 7. The molecular weight excluding hydrogens is 314 g/mol. The number of carbonyl (C=O) groups is 2. The van der Waals surface area contributed by atoms with Crippen molar-refractivity contribution < 1.29 is 19.1 Å². The van der Waals surface area contributed by atoms with E-state index in [1.807, 2.05) is 30.5 Å². The van der Waals surface area contributed by atoms with Crippen LogP contribution in [0.3, 0.4) is 0 Å². The number of hydrogen-bond donors (Lipinski definition) is 1. The number of carbonyl (C=O) groups excluding carboxylic acids is 2. The molecule has 0 atom stereocenters. The minimum atomic E-state index is -0.275. The number of hydrogen-bond acceptors (Lipinski definition) is 5. The van der Waals surface area contributed by atoms with Crippen LogP contribution in [-0.2, 0) is 4.79 Å². The Balaban J connectivity index is 1.94. The van der Waals surface area contributed by atoms with Crippen LogP contribution >= 0.6 is 11.8 Å². The molecule has 0 fully saturated rings. The van der Waals surface area contributed by atoms with E-state index in [4.69, 9.17) is 9.47 Å². The third-order valence-electron chi connectivity index (χ3n) is 3.06. The quantitative estimate of drug-likeness (QED) is 0.623. The zero-order valence-electron chi connectivity index (χ0n) is 12.9. The van der Waals surface area contributed by atoms with Crippen LogP contribution in [0.1, 0.15) is 10.4 Å². The van der Waals surface area contributed by atoms with E-state index in [2.05, 4.69) is 5.32 Å². The summed E-state index contributed by atoms with van der Waals surface area (Å²) in [7, 11) is 1.48. The van der Waals surface area contributed by atoms with Gasteiger partial charge in [-0.1, -0.05) is 0 Å². The Labute approximate surface area is 139 Å². The van der Waals surface area contributed by atoms with Gasteiger partial charge in [0.05, 0.1) is 7.11 Å². The van der Waals surface area contributed by atoms with Crippen molar-refractivity contribution in [2.75, 3.05) is 25.3 Å². The van der Waals surface area contributed by atoms with Gasteiger partial charge in [0.25, 0.3) is 5.91 Å². The van der Waals surface area contributed by atoms with Crippen molar-refractivity contribution in [1.29, 1.82) is 0 Å². The molecule has 2 aromatic carbocycles. The fourth-order valence-corrected chi connectivity index (χ4v) is 2.30. The van der Waals surface area contributed by atoms with Crippen LogP contribution in [0.25, 0.3) is 0 Å². The summed E-state index contributed by atoms with van der Waals surface area (Å²) in [6.07, 6.45) is 2.71. The summed E-state index contributed by atoms with van der Waals surface area (Å²) in [5.74, 6) is 0.543. The molecule has 0 aliphatic rings. The van der Waals surface area contributed by atoms with E-state index < -0.39 is 0 Å². The maximum Gasteiger partial charge on any atom is 0.262 e. The number of aldehydes is 1. The molecule has 0 aliphatic carbocycles. The number of methoxy groups -OCH3 is 1. The molecule has 0 saturated carbocycles. The van der Waals surface area contributed by atoms with E-state index in [0.29, 0.717) is 22.7 Å². The third kappa shape index (κ3) is 4.75. The summed E-state index contributed by atoms with van der Waals surface area (Å²) in [5, 5.41) is 2.75. The maximum atomic E-state index is 11.9. The van der Waals surface area contributed by atoms with Crippen LogP contribution in [0, 0.1) is 0 Å². The number of amides is 1. The molecule has 1 amide bonds. The molecule has 0 aliphatic heterocycles. The molecular formula is C17H17NO4S. The fourth-order valence-electron chi connectivity index (χ4n) is 1.89. The van der Waals surface area contributed by atoms with Gasteiger partial charge in [-0.05, 0) is 48.7 Å². The highest BCUT2D eigenvalue weighted by Crippen LogP contribution is 2.27. The van der Waals surface area contributed by atoms with Crippen LogP contribution in [-0.4, -0.2) is 32.2 Å². The first-order valence-electron chi connectivity index (χ1n) is 6.86. The maximum absolute atomic E-state index is 11.9. The van der Waals surface area contributed by atoms with E-state index in [1.54, 1.807) is 30.0 Å². The second-order valence-corrected chi connectivity index (χ2v) is 5.47. The van der Waals surface area contributed by atoms with Gasteiger partial charge in [0, 0.05) is 16.1 Å².